The van der Waals surface area contributed by atoms with Gasteiger partial charge in [0.05, 0.1) is 27.9 Å². The van der Waals surface area contributed by atoms with Crippen LogP contribution in [0, 0.1) is 10.1 Å². The van der Waals surface area contributed by atoms with Crippen molar-refractivity contribution in [3.8, 4) is 0 Å². The molecule has 21 heavy (non-hydrogen) atoms. The van der Waals surface area contributed by atoms with Gasteiger partial charge in [-0.3, -0.25) is 10.1 Å². The molecule has 0 bridgehead atoms. The molecular weight excluding hydrogens is 316 g/mol. The van der Waals surface area contributed by atoms with Crippen molar-refractivity contribution in [3.63, 3.8) is 0 Å². The number of aliphatic hydroxyl groups is 2. The van der Waals surface area contributed by atoms with Gasteiger partial charge >= 0.3 is 0 Å². The smallest absolute Gasteiger partial charge is 0.270 e. The minimum Gasteiger partial charge on any atom is -0.394 e. The van der Waals surface area contributed by atoms with E-state index in [1.165, 1.54) is 23.5 Å². The molecule has 2 aromatic rings. The zero-order valence-electron chi connectivity index (χ0n) is 10.6. The van der Waals surface area contributed by atoms with E-state index < -0.39 is 11.0 Å². The number of hydrogen-bond donors (Lipinski definition) is 4. The fourth-order valence-corrected chi connectivity index (χ4v) is 2.64. The lowest BCUT2D eigenvalue weighted by Crippen LogP contribution is -2.36. The first-order valence-electron chi connectivity index (χ1n) is 5.88. The van der Waals surface area contributed by atoms with Crippen LogP contribution in [0.1, 0.15) is 0 Å². The van der Waals surface area contributed by atoms with Gasteiger partial charge in [0.25, 0.3) is 5.69 Å². The van der Waals surface area contributed by atoms with Gasteiger partial charge in [-0.15, -0.1) is 0 Å². The first-order valence-corrected chi connectivity index (χ1v) is 7.11. The van der Waals surface area contributed by atoms with E-state index in [0.717, 1.165) is 0 Å². The lowest BCUT2D eigenvalue weighted by molar-refractivity contribution is -0.384. The Kier molecular flexibility index (Phi) is 4.96. The molecular formula is C11H12N4O4S2. The molecule has 0 fully saturated rings. The van der Waals surface area contributed by atoms with Gasteiger partial charge in [0.15, 0.2) is 10.2 Å². The summed E-state index contributed by atoms with van der Waals surface area (Å²) in [5.74, 6) is 0. The molecule has 0 radical (unpaired) electrons. The predicted molar refractivity (Wildman–Crippen MR) is 83.6 cm³/mol. The van der Waals surface area contributed by atoms with Crippen LogP contribution in [0.3, 0.4) is 0 Å². The number of nitrogens with zero attached hydrogens (tertiary/aromatic N) is 2. The standard InChI is InChI=1S/C11H12N4O4S2/c16-5-7(17)4-12-10(20)14-11-13-8-2-1-6(15(18)19)3-9(8)21-11/h1-3,7,16-17H,4-5H2,(H2,12,13,14,20). The van der Waals surface area contributed by atoms with E-state index in [2.05, 4.69) is 15.6 Å². The molecule has 2 rings (SSSR count). The molecule has 1 heterocycles. The number of rotatable bonds is 5. The Labute approximate surface area is 128 Å². The highest BCUT2D eigenvalue weighted by atomic mass is 32.1. The Morgan fingerprint density at radius 1 is 1.57 bits per heavy atom. The molecule has 0 saturated heterocycles. The third-order valence-corrected chi connectivity index (χ3v) is 3.69. The van der Waals surface area contributed by atoms with Crippen molar-refractivity contribution in [2.75, 3.05) is 18.5 Å². The van der Waals surface area contributed by atoms with Crippen LogP contribution in [-0.2, 0) is 0 Å². The number of non-ortho nitro benzene ring substituents is 1. The summed E-state index contributed by atoms with van der Waals surface area (Å²) in [6, 6.07) is 4.41. The normalized spacial score (nSPS) is 12.1. The molecule has 1 aromatic heterocycles. The van der Waals surface area contributed by atoms with Crippen molar-refractivity contribution in [1.29, 1.82) is 0 Å². The van der Waals surface area contributed by atoms with E-state index in [0.29, 0.717) is 15.3 Å². The monoisotopic (exact) mass is 328 g/mol. The molecule has 0 aliphatic rings. The molecule has 0 saturated carbocycles. The van der Waals surface area contributed by atoms with Crippen molar-refractivity contribution in [3.05, 3.63) is 28.3 Å². The Hall–Kier alpha value is -1.88. The van der Waals surface area contributed by atoms with Crippen LogP contribution in [-0.4, -0.2) is 44.5 Å². The molecule has 8 nitrogen and oxygen atoms in total. The Morgan fingerprint density at radius 2 is 2.33 bits per heavy atom. The maximum absolute atomic E-state index is 10.7. The highest BCUT2D eigenvalue weighted by Crippen LogP contribution is 2.28. The van der Waals surface area contributed by atoms with Gasteiger partial charge in [-0.05, 0) is 18.3 Å². The molecule has 0 aliphatic carbocycles. The van der Waals surface area contributed by atoms with Crippen molar-refractivity contribution in [2.24, 2.45) is 0 Å². The second-order valence-electron chi connectivity index (χ2n) is 4.10. The quantitative estimate of drug-likeness (QED) is 0.362. The SMILES string of the molecule is O=[N+]([O-])c1ccc2nc(NC(=S)NCC(O)CO)sc2c1. The lowest BCUT2D eigenvalue weighted by atomic mass is 10.3. The van der Waals surface area contributed by atoms with Gasteiger partial charge in [-0.1, -0.05) is 11.3 Å². The number of aromatic nitrogens is 1. The number of nitro benzene ring substituents is 1. The second kappa shape index (κ2) is 6.72. The maximum Gasteiger partial charge on any atom is 0.270 e. The number of fused-ring (bicyclic) bond motifs is 1. The Bertz CT molecular complexity index is 675. The van der Waals surface area contributed by atoms with Crippen molar-refractivity contribution < 1.29 is 15.1 Å². The molecule has 0 amide bonds. The van der Waals surface area contributed by atoms with E-state index in [-0.39, 0.29) is 24.0 Å². The van der Waals surface area contributed by atoms with Gasteiger partial charge in [-0.2, -0.15) is 0 Å². The lowest BCUT2D eigenvalue weighted by Gasteiger charge is -2.10. The maximum atomic E-state index is 10.7. The van der Waals surface area contributed by atoms with Crippen LogP contribution in [0.2, 0.25) is 0 Å². The van der Waals surface area contributed by atoms with Crippen molar-refractivity contribution >= 4 is 49.7 Å². The van der Waals surface area contributed by atoms with Gasteiger partial charge < -0.3 is 20.8 Å². The van der Waals surface area contributed by atoms with Gasteiger partial charge in [0.1, 0.15) is 0 Å². The topological polar surface area (TPSA) is 121 Å². The van der Waals surface area contributed by atoms with Crippen LogP contribution in [0.25, 0.3) is 10.2 Å². The number of benzene rings is 1. The molecule has 1 aromatic carbocycles. The molecule has 4 N–H and O–H groups in total. The Morgan fingerprint density at radius 3 is 3.00 bits per heavy atom. The van der Waals surface area contributed by atoms with Crippen LogP contribution in [0.4, 0.5) is 10.8 Å². The number of thiocarbonyl (C=S) groups is 1. The minimum atomic E-state index is -0.900. The number of hydrogen-bond acceptors (Lipinski definition) is 7. The first kappa shape index (κ1) is 15.5. The summed E-state index contributed by atoms with van der Waals surface area (Å²) >= 11 is 6.25. The first-order chi connectivity index (χ1) is 9.99. The minimum absolute atomic E-state index is 0.00414. The summed E-state index contributed by atoms with van der Waals surface area (Å²) in [6.45, 7) is -0.251. The summed E-state index contributed by atoms with van der Waals surface area (Å²) in [6.07, 6.45) is -0.900. The summed E-state index contributed by atoms with van der Waals surface area (Å²) in [5.41, 5.74) is 0.635. The molecule has 10 heteroatoms. The number of nitro groups is 1. The van der Waals surface area contributed by atoms with E-state index in [9.17, 15) is 15.2 Å². The van der Waals surface area contributed by atoms with E-state index in [4.69, 9.17) is 17.3 Å². The number of nitrogens with one attached hydrogen (secondary N) is 2. The number of anilines is 1. The third kappa shape index (κ3) is 4.04. The third-order valence-electron chi connectivity index (χ3n) is 2.51. The fraction of sp³-hybridized carbons (Fsp3) is 0.273. The van der Waals surface area contributed by atoms with Gasteiger partial charge in [0.2, 0.25) is 0 Å². The van der Waals surface area contributed by atoms with Crippen molar-refractivity contribution in [2.45, 2.75) is 6.10 Å². The van der Waals surface area contributed by atoms with Crippen LogP contribution in [0.5, 0.6) is 0 Å². The summed E-state index contributed by atoms with van der Waals surface area (Å²) in [7, 11) is 0. The zero-order valence-corrected chi connectivity index (χ0v) is 12.3. The summed E-state index contributed by atoms with van der Waals surface area (Å²) in [4.78, 5) is 14.5. The molecule has 112 valence electrons. The number of aliphatic hydroxyl groups excluding tert-OH is 2. The van der Waals surface area contributed by atoms with E-state index in [1.54, 1.807) is 6.07 Å². The zero-order chi connectivity index (χ0) is 15.4. The average molecular weight is 328 g/mol. The number of thiazole rings is 1. The largest absolute Gasteiger partial charge is 0.394 e. The average Bonchev–Trinajstić information content (AvgIpc) is 2.85. The van der Waals surface area contributed by atoms with Crippen molar-refractivity contribution in [1.82, 2.24) is 10.3 Å². The van der Waals surface area contributed by atoms with E-state index >= 15 is 0 Å². The van der Waals surface area contributed by atoms with Crippen LogP contribution in [0.15, 0.2) is 18.2 Å². The second-order valence-corrected chi connectivity index (χ2v) is 5.54. The van der Waals surface area contributed by atoms with Crippen LogP contribution >= 0.6 is 23.6 Å². The predicted octanol–water partition coefficient (Wildman–Crippen LogP) is 0.844. The molecule has 1 unspecified atom stereocenters. The Balaban J connectivity index is 2.05. The van der Waals surface area contributed by atoms with E-state index in [1.807, 2.05) is 0 Å². The molecule has 1 atom stereocenters. The van der Waals surface area contributed by atoms with Crippen LogP contribution < -0.4 is 10.6 Å². The molecule has 0 spiro atoms. The summed E-state index contributed by atoms with van der Waals surface area (Å²) in [5, 5.41) is 34.9. The van der Waals surface area contributed by atoms with Gasteiger partial charge in [0, 0.05) is 18.7 Å². The highest BCUT2D eigenvalue weighted by molar-refractivity contribution is 7.80. The summed E-state index contributed by atoms with van der Waals surface area (Å²) < 4.78 is 0.671. The van der Waals surface area contributed by atoms with Gasteiger partial charge in [-0.25, -0.2) is 4.98 Å². The fourth-order valence-electron chi connectivity index (χ4n) is 1.50. The highest BCUT2D eigenvalue weighted by Gasteiger charge is 2.11. The molecule has 0 aliphatic heterocycles.